The van der Waals surface area contributed by atoms with E-state index >= 15 is 0 Å². The highest BCUT2D eigenvalue weighted by Crippen LogP contribution is 2.22. The van der Waals surface area contributed by atoms with Crippen molar-refractivity contribution in [1.29, 1.82) is 0 Å². The number of amides is 2. The number of para-hydroxylation sites is 2. The summed E-state index contributed by atoms with van der Waals surface area (Å²) in [6.07, 6.45) is 0. The van der Waals surface area contributed by atoms with Crippen LogP contribution in [0.5, 0.6) is 0 Å². The molecule has 6 nitrogen and oxygen atoms in total. The van der Waals surface area contributed by atoms with E-state index in [1.165, 1.54) is 9.75 Å². The second-order valence-electron chi connectivity index (χ2n) is 6.11. The number of oxazole rings is 1. The Labute approximate surface area is 150 Å². The first-order valence-electron chi connectivity index (χ1n) is 8.38. The third kappa shape index (κ3) is 3.46. The van der Waals surface area contributed by atoms with Crippen LogP contribution in [0, 0.1) is 6.92 Å². The lowest BCUT2D eigenvalue weighted by Gasteiger charge is -2.33. The van der Waals surface area contributed by atoms with E-state index < -0.39 is 0 Å². The Morgan fingerprint density at radius 2 is 2.00 bits per heavy atom. The summed E-state index contributed by atoms with van der Waals surface area (Å²) in [6.45, 7) is 5.42. The summed E-state index contributed by atoms with van der Waals surface area (Å²) in [7, 11) is 0. The average Bonchev–Trinajstić information content (AvgIpc) is 3.25. The Morgan fingerprint density at radius 1 is 1.20 bits per heavy atom. The summed E-state index contributed by atoms with van der Waals surface area (Å²) in [5, 5.41) is 3.00. The van der Waals surface area contributed by atoms with Gasteiger partial charge in [-0.05, 0) is 31.2 Å². The molecular weight excluding hydrogens is 336 g/mol. The van der Waals surface area contributed by atoms with Crippen molar-refractivity contribution in [2.75, 3.05) is 31.1 Å². The molecule has 0 saturated carbocycles. The number of nitrogens with one attached hydrogen (secondary N) is 1. The molecular formula is C18H20N4O2S. The zero-order chi connectivity index (χ0) is 17.2. The fourth-order valence-electron chi connectivity index (χ4n) is 2.95. The highest BCUT2D eigenvalue weighted by molar-refractivity contribution is 7.11. The van der Waals surface area contributed by atoms with Gasteiger partial charge in [0.1, 0.15) is 5.52 Å². The number of anilines is 1. The molecule has 7 heteroatoms. The zero-order valence-corrected chi connectivity index (χ0v) is 14.9. The minimum atomic E-state index is -0.0109. The molecule has 3 aromatic rings. The van der Waals surface area contributed by atoms with Crippen molar-refractivity contribution in [1.82, 2.24) is 15.2 Å². The number of nitrogens with zero attached hydrogens (tertiary/aromatic N) is 3. The molecule has 1 aromatic carbocycles. The summed E-state index contributed by atoms with van der Waals surface area (Å²) in [4.78, 5) is 23.2. The van der Waals surface area contributed by atoms with Gasteiger partial charge in [-0.3, -0.25) is 0 Å². The Kier molecular flexibility index (Phi) is 4.31. The van der Waals surface area contributed by atoms with Crippen molar-refractivity contribution in [2.45, 2.75) is 13.5 Å². The van der Waals surface area contributed by atoms with Crippen LogP contribution in [0.25, 0.3) is 11.1 Å². The summed E-state index contributed by atoms with van der Waals surface area (Å²) < 4.78 is 5.81. The molecule has 0 unspecified atom stereocenters. The van der Waals surface area contributed by atoms with Gasteiger partial charge in [-0.2, -0.15) is 4.98 Å². The van der Waals surface area contributed by atoms with E-state index in [-0.39, 0.29) is 6.03 Å². The van der Waals surface area contributed by atoms with Gasteiger partial charge in [0, 0.05) is 35.9 Å². The molecule has 0 radical (unpaired) electrons. The number of carbonyl (C=O) groups excluding carboxylic acids is 1. The maximum atomic E-state index is 12.3. The number of fused-ring (bicyclic) bond motifs is 1. The maximum absolute atomic E-state index is 12.3. The van der Waals surface area contributed by atoms with E-state index in [2.05, 4.69) is 34.3 Å². The lowest BCUT2D eigenvalue weighted by molar-refractivity contribution is 0.193. The number of piperazine rings is 1. The number of benzene rings is 1. The number of aromatic nitrogens is 1. The standard InChI is InChI=1S/C18H20N4O2S/c1-13-6-7-14(25-13)12-19-17(23)21-8-10-22(11-9-21)18-20-15-4-2-3-5-16(15)24-18/h2-7H,8-12H2,1H3,(H,19,23). The molecule has 130 valence electrons. The Hall–Kier alpha value is -2.54. The van der Waals surface area contributed by atoms with Crippen molar-refractivity contribution in [3.05, 3.63) is 46.2 Å². The normalized spacial score (nSPS) is 14.9. The molecule has 1 aliphatic rings. The van der Waals surface area contributed by atoms with Crippen molar-refractivity contribution < 1.29 is 9.21 Å². The predicted octanol–water partition coefficient (Wildman–Crippen LogP) is 3.23. The van der Waals surface area contributed by atoms with Crippen LogP contribution in [0.2, 0.25) is 0 Å². The molecule has 3 heterocycles. The first-order valence-corrected chi connectivity index (χ1v) is 9.19. The van der Waals surface area contributed by atoms with Gasteiger partial charge in [-0.15, -0.1) is 11.3 Å². The van der Waals surface area contributed by atoms with Crippen LogP contribution in [0.4, 0.5) is 10.8 Å². The summed E-state index contributed by atoms with van der Waals surface area (Å²) in [5.41, 5.74) is 1.66. The molecule has 25 heavy (non-hydrogen) atoms. The molecule has 1 aliphatic heterocycles. The van der Waals surface area contributed by atoms with E-state index in [4.69, 9.17) is 4.42 Å². The molecule has 0 bridgehead atoms. The topological polar surface area (TPSA) is 61.6 Å². The van der Waals surface area contributed by atoms with Gasteiger partial charge in [0.25, 0.3) is 6.01 Å². The Morgan fingerprint density at radius 3 is 2.72 bits per heavy atom. The van der Waals surface area contributed by atoms with Crippen LogP contribution in [-0.4, -0.2) is 42.1 Å². The zero-order valence-electron chi connectivity index (χ0n) is 14.1. The number of carbonyl (C=O) groups is 1. The van der Waals surface area contributed by atoms with Crippen LogP contribution in [-0.2, 0) is 6.54 Å². The second-order valence-corrected chi connectivity index (χ2v) is 7.48. The lowest BCUT2D eigenvalue weighted by atomic mass is 10.3. The molecule has 0 aliphatic carbocycles. The molecule has 0 atom stereocenters. The number of hydrogen-bond donors (Lipinski definition) is 1. The summed E-state index contributed by atoms with van der Waals surface area (Å²) >= 11 is 1.71. The monoisotopic (exact) mass is 356 g/mol. The third-order valence-corrected chi connectivity index (χ3v) is 5.33. The molecule has 0 spiro atoms. The Balaban J connectivity index is 1.32. The SMILES string of the molecule is Cc1ccc(CNC(=O)N2CCN(c3nc4ccccc4o3)CC2)s1. The molecule has 1 saturated heterocycles. The fraction of sp³-hybridized carbons (Fsp3) is 0.333. The number of urea groups is 1. The Bertz CT molecular complexity index is 847. The number of aryl methyl sites for hydroxylation is 1. The van der Waals surface area contributed by atoms with Crippen molar-refractivity contribution in [3.8, 4) is 0 Å². The van der Waals surface area contributed by atoms with Crippen LogP contribution in [0.1, 0.15) is 9.75 Å². The van der Waals surface area contributed by atoms with Crippen molar-refractivity contribution in [2.24, 2.45) is 0 Å². The quantitative estimate of drug-likeness (QED) is 0.783. The van der Waals surface area contributed by atoms with E-state index in [9.17, 15) is 4.79 Å². The lowest BCUT2D eigenvalue weighted by Crippen LogP contribution is -2.51. The third-order valence-electron chi connectivity index (χ3n) is 4.33. The van der Waals surface area contributed by atoms with Crippen molar-refractivity contribution in [3.63, 3.8) is 0 Å². The van der Waals surface area contributed by atoms with Crippen molar-refractivity contribution >= 4 is 34.5 Å². The first-order chi connectivity index (χ1) is 12.2. The van der Waals surface area contributed by atoms with Crippen LogP contribution >= 0.6 is 11.3 Å². The predicted molar refractivity (Wildman–Crippen MR) is 99.1 cm³/mol. The molecule has 1 fully saturated rings. The van der Waals surface area contributed by atoms with Gasteiger partial charge in [-0.25, -0.2) is 4.79 Å². The first kappa shape index (κ1) is 16.0. The van der Waals surface area contributed by atoms with E-state index in [1.54, 1.807) is 11.3 Å². The highest BCUT2D eigenvalue weighted by atomic mass is 32.1. The number of rotatable bonds is 3. The highest BCUT2D eigenvalue weighted by Gasteiger charge is 2.23. The van der Waals surface area contributed by atoms with Gasteiger partial charge in [-0.1, -0.05) is 12.1 Å². The van der Waals surface area contributed by atoms with Crippen LogP contribution < -0.4 is 10.2 Å². The maximum Gasteiger partial charge on any atom is 0.317 e. The van der Waals surface area contributed by atoms with Gasteiger partial charge in [0.05, 0.1) is 6.54 Å². The molecule has 1 N–H and O–H groups in total. The van der Waals surface area contributed by atoms with Gasteiger partial charge < -0.3 is 19.5 Å². The molecule has 2 aromatic heterocycles. The van der Waals surface area contributed by atoms with E-state index in [1.807, 2.05) is 29.2 Å². The second kappa shape index (κ2) is 6.76. The van der Waals surface area contributed by atoms with Crippen LogP contribution in [0.3, 0.4) is 0 Å². The number of thiophene rings is 1. The molecule has 2 amide bonds. The summed E-state index contributed by atoms with van der Waals surface area (Å²) in [6, 6.07) is 12.5. The van der Waals surface area contributed by atoms with E-state index in [0.717, 1.165) is 24.2 Å². The minimum Gasteiger partial charge on any atom is -0.423 e. The fourth-order valence-corrected chi connectivity index (χ4v) is 3.78. The van der Waals surface area contributed by atoms with Gasteiger partial charge in [0.15, 0.2) is 5.58 Å². The molecule has 4 rings (SSSR count). The smallest absolute Gasteiger partial charge is 0.317 e. The summed E-state index contributed by atoms with van der Waals surface area (Å²) in [5.74, 6) is 0. The van der Waals surface area contributed by atoms with Gasteiger partial charge in [0.2, 0.25) is 0 Å². The minimum absolute atomic E-state index is 0.0109. The van der Waals surface area contributed by atoms with E-state index in [0.29, 0.717) is 25.6 Å². The van der Waals surface area contributed by atoms with Crippen LogP contribution in [0.15, 0.2) is 40.8 Å². The number of hydrogen-bond acceptors (Lipinski definition) is 5. The largest absolute Gasteiger partial charge is 0.423 e. The van der Waals surface area contributed by atoms with Gasteiger partial charge >= 0.3 is 6.03 Å². The average molecular weight is 356 g/mol.